The smallest absolute Gasteiger partial charge is 0.341 e. The number of methoxy groups -OCH3 is 1. The molecule has 0 bridgehead atoms. The second-order valence-electron chi connectivity index (χ2n) is 7.51. The molecular formula is C20H25ClFN3O5. The van der Waals surface area contributed by atoms with Crippen molar-refractivity contribution in [3.8, 4) is 5.75 Å². The van der Waals surface area contributed by atoms with Crippen LogP contribution in [-0.4, -0.2) is 54.6 Å². The van der Waals surface area contributed by atoms with E-state index in [0.717, 1.165) is 18.9 Å². The van der Waals surface area contributed by atoms with Crippen LogP contribution in [0.15, 0.2) is 17.1 Å². The number of aromatic nitrogens is 1. The number of fused-ring (bicyclic) bond motifs is 1. The lowest BCUT2D eigenvalue weighted by atomic mass is 10.1. The Morgan fingerprint density at radius 3 is 2.63 bits per heavy atom. The molecule has 4 rings (SSSR count). The fourth-order valence-electron chi connectivity index (χ4n) is 4.10. The fourth-order valence-corrected chi connectivity index (χ4v) is 4.10. The predicted octanol–water partition coefficient (Wildman–Crippen LogP) is 2.16. The van der Waals surface area contributed by atoms with Crippen molar-refractivity contribution in [2.75, 3.05) is 31.7 Å². The number of carboxylic acid groups (broad SMARTS) is 1. The van der Waals surface area contributed by atoms with Crippen LogP contribution in [0.1, 0.15) is 36.2 Å². The van der Waals surface area contributed by atoms with Gasteiger partial charge >= 0.3 is 5.97 Å². The molecule has 30 heavy (non-hydrogen) atoms. The highest BCUT2D eigenvalue weighted by Gasteiger charge is 2.36. The number of nitrogens with two attached hydrogens (primary N) is 1. The summed E-state index contributed by atoms with van der Waals surface area (Å²) in [4.78, 5) is 26.0. The van der Waals surface area contributed by atoms with Gasteiger partial charge in [-0.3, -0.25) is 4.79 Å². The largest absolute Gasteiger partial charge is 0.492 e. The Labute approximate surface area is 178 Å². The molecule has 0 radical (unpaired) electrons. The molecule has 1 aliphatic carbocycles. The standard InChI is InChI=1S/C20H24FN3O5.ClH/c1-3-29-15-9-23(8-14(15)22)17-13(21)6-11-16(19(17)28-2)24(10-4-5-10)7-12(18(11)25)20(26)27;/h6-7,10,14-15H,3-5,8-9,22H2,1-2H3,(H,26,27);1H/t14-,15+;/m1./s1. The van der Waals surface area contributed by atoms with E-state index in [4.69, 9.17) is 15.2 Å². The Bertz CT molecular complexity index is 1040. The van der Waals surface area contributed by atoms with Crippen LogP contribution in [0.4, 0.5) is 10.1 Å². The first-order valence-electron chi connectivity index (χ1n) is 9.68. The number of hydrogen-bond acceptors (Lipinski definition) is 6. The number of benzene rings is 1. The van der Waals surface area contributed by atoms with Gasteiger partial charge in [0.1, 0.15) is 11.3 Å². The van der Waals surface area contributed by atoms with Crippen LogP contribution in [0.25, 0.3) is 10.9 Å². The number of rotatable bonds is 6. The van der Waals surface area contributed by atoms with Crippen LogP contribution in [-0.2, 0) is 4.74 Å². The van der Waals surface area contributed by atoms with Crippen LogP contribution in [0.2, 0.25) is 0 Å². The number of pyridine rings is 1. The average molecular weight is 442 g/mol. The number of halogens is 2. The van der Waals surface area contributed by atoms with Gasteiger partial charge in [-0.25, -0.2) is 9.18 Å². The molecule has 2 atom stereocenters. The molecule has 10 heteroatoms. The summed E-state index contributed by atoms with van der Waals surface area (Å²) in [6.45, 7) is 3.16. The van der Waals surface area contributed by atoms with E-state index in [1.165, 1.54) is 13.3 Å². The van der Waals surface area contributed by atoms with Crippen LogP contribution in [0.5, 0.6) is 5.75 Å². The third-order valence-corrected chi connectivity index (χ3v) is 5.58. The highest BCUT2D eigenvalue weighted by molar-refractivity contribution is 5.97. The maximum atomic E-state index is 15.2. The van der Waals surface area contributed by atoms with E-state index >= 15 is 4.39 Å². The summed E-state index contributed by atoms with van der Waals surface area (Å²) in [5, 5.41) is 9.41. The molecule has 1 saturated carbocycles. The summed E-state index contributed by atoms with van der Waals surface area (Å²) >= 11 is 0. The van der Waals surface area contributed by atoms with Crippen LogP contribution in [0, 0.1) is 5.82 Å². The number of ether oxygens (including phenoxy) is 2. The lowest BCUT2D eigenvalue weighted by Crippen LogP contribution is -2.35. The Hall–Kier alpha value is -2.36. The zero-order valence-electron chi connectivity index (χ0n) is 16.8. The Balaban J connectivity index is 0.00000256. The van der Waals surface area contributed by atoms with E-state index in [2.05, 4.69) is 0 Å². The first-order valence-corrected chi connectivity index (χ1v) is 9.68. The van der Waals surface area contributed by atoms with Crippen molar-refractivity contribution in [2.24, 2.45) is 5.73 Å². The second kappa shape index (κ2) is 8.41. The van der Waals surface area contributed by atoms with Gasteiger partial charge in [-0.2, -0.15) is 0 Å². The van der Waals surface area contributed by atoms with E-state index in [1.807, 2.05) is 6.92 Å². The van der Waals surface area contributed by atoms with E-state index in [1.54, 1.807) is 9.47 Å². The minimum Gasteiger partial charge on any atom is -0.492 e. The molecule has 0 unspecified atom stereocenters. The zero-order chi connectivity index (χ0) is 20.9. The molecule has 0 amide bonds. The zero-order valence-corrected chi connectivity index (χ0v) is 17.6. The molecule has 2 aromatic rings. The van der Waals surface area contributed by atoms with Crippen molar-refractivity contribution in [1.29, 1.82) is 0 Å². The van der Waals surface area contributed by atoms with Crippen molar-refractivity contribution in [2.45, 2.75) is 38.0 Å². The van der Waals surface area contributed by atoms with Gasteiger partial charge in [0.25, 0.3) is 0 Å². The quantitative estimate of drug-likeness (QED) is 0.707. The molecule has 1 aliphatic heterocycles. The van der Waals surface area contributed by atoms with Crippen molar-refractivity contribution in [3.63, 3.8) is 0 Å². The van der Waals surface area contributed by atoms with Gasteiger partial charge in [0.15, 0.2) is 11.6 Å². The molecule has 3 N–H and O–H groups in total. The van der Waals surface area contributed by atoms with Gasteiger partial charge in [0.05, 0.1) is 30.2 Å². The first-order chi connectivity index (χ1) is 13.9. The fraction of sp³-hybridized carbons (Fsp3) is 0.500. The maximum absolute atomic E-state index is 15.2. The lowest BCUT2D eigenvalue weighted by molar-refractivity contribution is 0.0679. The lowest BCUT2D eigenvalue weighted by Gasteiger charge is -2.24. The van der Waals surface area contributed by atoms with E-state index in [0.29, 0.717) is 25.2 Å². The number of carbonyl (C=O) groups is 1. The number of carboxylic acids is 1. The molecule has 8 nitrogen and oxygen atoms in total. The second-order valence-corrected chi connectivity index (χ2v) is 7.51. The van der Waals surface area contributed by atoms with Crippen molar-refractivity contribution < 1.29 is 23.8 Å². The summed E-state index contributed by atoms with van der Waals surface area (Å²) in [6, 6.07) is 0.885. The highest BCUT2D eigenvalue weighted by Crippen LogP contribution is 2.44. The monoisotopic (exact) mass is 441 g/mol. The Morgan fingerprint density at radius 2 is 2.07 bits per heavy atom. The van der Waals surface area contributed by atoms with Crippen LogP contribution < -0.4 is 20.8 Å². The van der Waals surface area contributed by atoms with Gasteiger partial charge < -0.3 is 29.8 Å². The molecule has 1 aromatic carbocycles. The Morgan fingerprint density at radius 1 is 1.37 bits per heavy atom. The van der Waals surface area contributed by atoms with Crippen molar-refractivity contribution >= 4 is 35.0 Å². The van der Waals surface area contributed by atoms with Gasteiger partial charge in [0, 0.05) is 31.9 Å². The first kappa shape index (κ1) is 22.3. The van der Waals surface area contributed by atoms with E-state index in [9.17, 15) is 14.7 Å². The summed E-state index contributed by atoms with van der Waals surface area (Å²) in [7, 11) is 1.42. The summed E-state index contributed by atoms with van der Waals surface area (Å²) < 4.78 is 28.2. The number of anilines is 1. The van der Waals surface area contributed by atoms with Crippen LogP contribution in [0.3, 0.4) is 0 Å². The van der Waals surface area contributed by atoms with Gasteiger partial charge in [-0.15, -0.1) is 12.4 Å². The molecule has 1 aromatic heterocycles. The summed E-state index contributed by atoms with van der Waals surface area (Å²) in [5.41, 5.74) is 5.69. The van der Waals surface area contributed by atoms with Crippen molar-refractivity contribution in [1.82, 2.24) is 4.57 Å². The molecule has 1 saturated heterocycles. The molecule has 164 valence electrons. The number of aromatic carboxylic acids is 1. The van der Waals surface area contributed by atoms with E-state index < -0.39 is 17.2 Å². The maximum Gasteiger partial charge on any atom is 0.341 e. The average Bonchev–Trinajstić information content (AvgIpc) is 3.45. The third kappa shape index (κ3) is 3.61. The van der Waals surface area contributed by atoms with Crippen molar-refractivity contribution in [3.05, 3.63) is 33.9 Å². The number of nitrogens with zero attached hydrogens (tertiary/aromatic N) is 2. The topological polar surface area (TPSA) is 107 Å². The molecular weight excluding hydrogens is 417 g/mol. The molecule has 2 fully saturated rings. The third-order valence-electron chi connectivity index (χ3n) is 5.58. The number of hydrogen-bond donors (Lipinski definition) is 2. The summed E-state index contributed by atoms with van der Waals surface area (Å²) in [6.07, 6.45) is 2.81. The van der Waals surface area contributed by atoms with Gasteiger partial charge in [-0.1, -0.05) is 0 Å². The SMILES string of the molecule is CCO[C@H]1CN(c2c(F)cc3c(=O)c(C(=O)O)cn(C4CC4)c3c2OC)C[C@H]1N.Cl. The highest BCUT2D eigenvalue weighted by atomic mass is 35.5. The molecule has 2 heterocycles. The van der Waals surface area contributed by atoms with E-state index in [-0.39, 0.29) is 53.0 Å². The van der Waals surface area contributed by atoms with Gasteiger partial charge in [-0.05, 0) is 25.8 Å². The van der Waals surface area contributed by atoms with Crippen LogP contribution >= 0.6 is 12.4 Å². The molecule has 0 spiro atoms. The minimum atomic E-state index is -1.33. The van der Waals surface area contributed by atoms with Gasteiger partial charge in [0.2, 0.25) is 5.43 Å². The normalized spacial score (nSPS) is 21.0. The molecule has 2 aliphatic rings. The minimum absolute atomic E-state index is 0. The summed E-state index contributed by atoms with van der Waals surface area (Å²) in [5.74, 6) is -1.77. The predicted molar refractivity (Wildman–Crippen MR) is 113 cm³/mol. The Kier molecular flexibility index (Phi) is 6.26.